The number of thiophene rings is 1. The van der Waals surface area contributed by atoms with E-state index in [1.165, 1.54) is 31.2 Å². The highest BCUT2D eigenvalue weighted by atomic mass is 32.1. The van der Waals surface area contributed by atoms with Crippen LogP contribution in [0.3, 0.4) is 0 Å². The zero-order valence-electron chi connectivity index (χ0n) is 17.5. The zero-order valence-corrected chi connectivity index (χ0v) is 18.3. The van der Waals surface area contributed by atoms with E-state index < -0.39 is 51.8 Å². The van der Waals surface area contributed by atoms with Crippen molar-refractivity contribution in [3.63, 3.8) is 0 Å². The van der Waals surface area contributed by atoms with E-state index >= 15 is 8.78 Å². The van der Waals surface area contributed by atoms with Gasteiger partial charge in [0.1, 0.15) is 0 Å². The third kappa shape index (κ3) is 3.54. The highest BCUT2D eigenvalue weighted by Crippen LogP contribution is 2.66. The van der Waals surface area contributed by atoms with Crippen LogP contribution in [0, 0.1) is 18.3 Å². The fourth-order valence-electron chi connectivity index (χ4n) is 4.04. The van der Waals surface area contributed by atoms with Crippen molar-refractivity contribution in [2.75, 3.05) is 0 Å². The van der Waals surface area contributed by atoms with Gasteiger partial charge in [-0.2, -0.15) is 44.8 Å². The Hall–Kier alpha value is -3.26. The van der Waals surface area contributed by atoms with Crippen LogP contribution in [0.5, 0.6) is 0 Å². The molecule has 1 heterocycles. The molecule has 1 aliphatic rings. The van der Waals surface area contributed by atoms with Gasteiger partial charge in [0.15, 0.2) is 0 Å². The number of nitriles is 1. The highest BCUT2D eigenvalue weighted by molar-refractivity contribution is 7.15. The molecule has 0 unspecified atom stereocenters. The largest absolute Gasteiger partial charge is 0.416 e. The number of hydrogen-bond acceptors (Lipinski definition) is 2. The molecule has 1 nitrogen and oxygen atoms in total. The molecule has 1 aromatic heterocycles. The Bertz CT molecular complexity index is 1390. The summed E-state index contributed by atoms with van der Waals surface area (Å²) in [5.74, 6) is -17.1. The Kier molecular flexibility index (Phi) is 5.60. The molecule has 0 saturated heterocycles. The molecular formula is C24H12F9NS. The molecule has 182 valence electrons. The minimum atomic E-state index is -6.00. The van der Waals surface area contributed by atoms with Gasteiger partial charge >= 0.3 is 23.9 Å². The molecule has 0 saturated carbocycles. The predicted molar refractivity (Wildman–Crippen MR) is 112 cm³/mol. The minimum absolute atomic E-state index is 0.103. The lowest BCUT2D eigenvalue weighted by Gasteiger charge is -2.26. The maximum absolute atomic E-state index is 15.1. The maximum atomic E-state index is 15.1. The van der Waals surface area contributed by atoms with Crippen molar-refractivity contribution in [3.05, 3.63) is 81.7 Å². The molecule has 0 fully saturated rings. The highest BCUT2D eigenvalue weighted by Gasteiger charge is 2.80. The standard InChI is InChI=1S/C24H12F9NS/c1-12-16(10-18(35-12)14-7-3-2-6-13(14)11-34)20-19(21(25,26)24(32,33)22(20,27)28)15-8-4-5-9-17(15)23(29,30)31/h2-10H,1H3. The van der Waals surface area contributed by atoms with E-state index in [1.54, 1.807) is 0 Å². The van der Waals surface area contributed by atoms with E-state index in [9.17, 15) is 36.0 Å². The van der Waals surface area contributed by atoms with Crippen molar-refractivity contribution in [3.8, 4) is 16.5 Å². The average Bonchev–Trinajstić information content (AvgIpc) is 3.20. The molecule has 35 heavy (non-hydrogen) atoms. The summed E-state index contributed by atoms with van der Waals surface area (Å²) in [7, 11) is 0. The van der Waals surface area contributed by atoms with Crippen molar-refractivity contribution in [2.45, 2.75) is 30.9 Å². The molecule has 4 rings (SSSR count). The molecule has 0 bridgehead atoms. The van der Waals surface area contributed by atoms with Crippen LogP contribution in [0.25, 0.3) is 21.6 Å². The first kappa shape index (κ1) is 24.9. The maximum Gasteiger partial charge on any atom is 0.416 e. The fraction of sp³-hybridized carbons (Fsp3) is 0.208. The predicted octanol–water partition coefficient (Wildman–Crippen LogP) is 8.44. The minimum Gasteiger partial charge on any atom is -0.194 e. The molecule has 11 heteroatoms. The molecule has 2 aromatic carbocycles. The summed E-state index contributed by atoms with van der Waals surface area (Å²) in [6.45, 7) is 1.20. The van der Waals surface area contributed by atoms with Crippen LogP contribution in [-0.2, 0) is 6.18 Å². The summed E-state index contributed by atoms with van der Waals surface area (Å²) < 4.78 is 130. The van der Waals surface area contributed by atoms with Crippen LogP contribution in [0.1, 0.15) is 27.1 Å². The molecule has 0 amide bonds. The molecular weight excluding hydrogens is 505 g/mol. The quantitative estimate of drug-likeness (QED) is 0.320. The molecule has 0 radical (unpaired) electrons. The average molecular weight is 517 g/mol. The van der Waals surface area contributed by atoms with Gasteiger partial charge in [-0.25, -0.2) is 0 Å². The molecule has 1 aliphatic carbocycles. The van der Waals surface area contributed by atoms with Crippen molar-refractivity contribution in [1.29, 1.82) is 5.26 Å². The first-order valence-electron chi connectivity index (χ1n) is 9.81. The Morgan fingerprint density at radius 2 is 1.29 bits per heavy atom. The Morgan fingerprint density at radius 3 is 1.86 bits per heavy atom. The summed E-state index contributed by atoms with van der Waals surface area (Å²) >= 11 is 0.761. The van der Waals surface area contributed by atoms with E-state index in [1.807, 2.05) is 6.07 Å². The second-order valence-electron chi connectivity index (χ2n) is 7.75. The van der Waals surface area contributed by atoms with Crippen LogP contribution in [0.15, 0.2) is 54.6 Å². The Morgan fingerprint density at radius 1 is 0.771 bits per heavy atom. The van der Waals surface area contributed by atoms with Crippen LogP contribution in [0.4, 0.5) is 39.5 Å². The Balaban J connectivity index is 2.10. The lowest BCUT2D eigenvalue weighted by Crippen LogP contribution is -2.49. The van der Waals surface area contributed by atoms with Gasteiger partial charge in [-0.15, -0.1) is 11.3 Å². The van der Waals surface area contributed by atoms with Crippen LogP contribution in [-0.4, -0.2) is 17.8 Å². The lowest BCUT2D eigenvalue weighted by atomic mass is 9.91. The van der Waals surface area contributed by atoms with Crippen LogP contribution in [0.2, 0.25) is 0 Å². The number of halogens is 9. The van der Waals surface area contributed by atoms with Gasteiger partial charge in [0, 0.05) is 26.5 Å². The molecule has 0 atom stereocenters. The number of aryl methyl sites for hydroxylation is 1. The van der Waals surface area contributed by atoms with Gasteiger partial charge in [0.2, 0.25) is 0 Å². The number of benzene rings is 2. The second kappa shape index (κ2) is 7.88. The summed E-state index contributed by atoms with van der Waals surface area (Å²) in [4.78, 5) is 0.0119. The summed E-state index contributed by atoms with van der Waals surface area (Å²) in [5, 5.41) is 9.31. The van der Waals surface area contributed by atoms with Crippen molar-refractivity contribution >= 4 is 22.5 Å². The van der Waals surface area contributed by atoms with E-state index in [0.717, 1.165) is 29.5 Å². The number of alkyl halides is 9. The topological polar surface area (TPSA) is 23.8 Å². The molecule has 0 N–H and O–H groups in total. The van der Waals surface area contributed by atoms with E-state index in [-0.39, 0.29) is 20.9 Å². The summed E-state index contributed by atoms with van der Waals surface area (Å²) in [6.07, 6.45) is -5.28. The normalized spacial score (nSPS) is 18.5. The molecule has 0 aliphatic heterocycles. The Labute approximate surface area is 196 Å². The molecule has 3 aromatic rings. The van der Waals surface area contributed by atoms with Crippen molar-refractivity contribution in [2.24, 2.45) is 0 Å². The van der Waals surface area contributed by atoms with Gasteiger partial charge in [-0.05, 0) is 36.2 Å². The van der Waals surface area contributed by atoms with E-state index in [2.05, 4.69) is 0 Å². The van der Waals surface area contributed by atoms with E-state index in [4.69, 9.17) is 0 Å². The third-order valence-electron chi connectivity index (χ3n) is 5.67. The summed E-state index contributed by atoms with van der Waals surface area (Å²) in [6, 6.07) is 11.2. The van der Waals surface area contributed by atoms with Crippen molar-refractivity contribution in [1.82, 2.24) is 0 Å². The lowest BCUT2D eigenvalue weighted by molar-refractivity contribution is -0.254. The van der Waals surface area contributed by atoms with Crippen LogP contribution >= 0.6 is 11.3 Å². The number of nitrogens with zero attached hydrogens (tertiary/aromatic N) is 1. The van der Waals surface area contributed by atoms with Gasteiger partial charge < -0.3 is 0 Å². The van der Waals surface area contributed by atoms with Crippen molar-refractivity contribution < 1.29 is 39.5 Å². The van der Waals surface area contributed by atoms with Gasteiger partial charge in [0.05, 0.1) is 17.2 Å². The van der Waals surface area contributed by atoms with Gasteiger partial charge in [0.25, 0.3) is 0 Å². The number of allylic oxidation sites excluding steroid dienone is 2. The monoisotopic (exact) mass is 517 g/mol. The first-order valence-corrected chi connectivity index (χ1v) is 10.6. The number of hydrogen-bond donors (Lipinski definition) is 0. The fourth-order valence-corrected chi connectivity index (χ4v) is 5.11. The van der Waals surface area contributed by atoms with Gasteiger partial charge in [-0.3, -0.25) is 0 Å². The smallest absolute Gasteiger partial charge is 0.194 e. The van der Waals surface area contributed by atoms with Crippen LogP contribution < -0.4 is 0 Å². The van der Waals surface area contributed by atoms with E-state index in [0.29, 0.717) is 12.1 Å². The number of rotatable bonds is 3. The SMILES string of the molecule is Cc1sc(-c2ccccc2C#N)cc1C1=C(c2ccccc2C(F)(F)F)C(F)(F)C(F)(F)C1(F)F. The summed E-state index contributed by atoms with van der Waals surface area (Å²) in [5.41, 5.74) is -7.57. The zero-order chi connectivity index (χ0) is 26.0. The second-order valence-corrected chi connectivity index (χ2v) is 9.01. The van der Waals surface area contributed by atoms with Gasteiger partial charge in [-0.1, -0.05) is 36.4 Å². The molecule has 0 spiro atoms. The first-order chi connectivity index (χ1) is 16.2. The third-order valence-corrected chi connectivity index (χ3v) is 6.75.